The Bertz CT molecular complexity index is 692. The third-order valence-corrected chi connectivity index (χ3v) is 3.61. The summed E-state index contributed by atoms with van der Waals surface area (Å²) in [6, 6.07) is 14.5. The Morgan fingerprint density at radius 3 is 2.74 bits per heavy atom. The Balaban J connectivity index is 1.45. The molecule has 0 spiro atoms. The van der Waals surface area contributed by atoms with Crippen LogP contribution in [0.25, 0.3) is 0 Å². The zero-order chi connectivity index (χ0) is 16.1. The summed E-state index contributed by atoms with van der Waals surface area (Å²) in [5.74, 6) is 1.58. The molecule has 6 heteroatoms. The molecule has 0 bridgehead atoms. The standard InChI is InChI=1S/C17H16ClNO4/c18-12-5-1-2-6-13(12)21-10-9-19-17(20)16-11-22-14-7-3-4-8-15(14)23-16/h1-8,16H,9-11H2,(H,19,20)/t16-/m0/s1. The predicted molar refractivity (Wildman–Crippen MR) is 86.3 cm³/mol. The molecule has 0 saturated heterocycles. The van der Waals surface area contributed by atoms with Crippen LogP contribution in [0.3, 0.4) is 0 Å². The highest BCUT2D eigenvalue weighted by molar-refractivity contribution is 6.32. The lowest BCUT2D eigenvalue weighted by Crippen LogP contribution is -2.45. The SMILES string of the molecule is O=C(NCCOc1ccccc1Cl)[C@@H]1COc2ccccc2O1. The van der Waals surface area contributed by atoms with Gasteiger partial charge >= 0.3 is 0 Å². The van der Waals surface area contributed by atoms with E-state index in [0.717, 1.165) is 0 Å². The number of halogens is 1. The first-order chi connectivity index (χ1) is 11.2. The minimum absolute atomic E-state index is 0.189. The second-order valence-corrected chi connectivity index (χ2v) is 5.34. The van der Waals surface area contributed by atoms with Crippen molar-refractivity contribution in [2.24, 2.45) is 0 Å². The van der Waals surface area contributed by atoms with E-state index in [2.05, 4.69) is 5.32 Å². The number of carbonyl (C=O) groups excluding carboxylic acids is 1. The van der Waals surface area contributed by atoms with Crippen molar-refractivity contribution in [3.63, 3.8) is 0 Å². The van der Waals surface area contributed by atoms with Crippen LogP contribution in [0.2, 0.25) is 5.02 Å². The number of amides is 1. The van der Waals surface area contributed by atoms with E-state index >= 15 is 0 Å². The fourth-order valence-corrected chi connectivity index (χ4v) is 2.35. The zero-order valence-corrected chi connectivity index (χ0v) is 13.1. The van der Waals surface area contributed by atoms with E-state index in [-0.39, 0.29) is 12.5 Å². The number of hydrogen-bond donors (Lipinski definition) is 1. The lowest BCUT2D eigenvalue weighted by Gasteiger charge is -2.25. The molecule has 1 heterocycles. The third kappa shape index (κ3) is 3.87. The summed E-state index contributed by atoms with van der Waals surface area (Å²) >= 11 is 5.99. The Kier molecular flexibility index (Phi) is 4.88. The van der Waals surface area contributed by atoms with Crippen molar-refractivity contribution < 1.29 is 19.0 Å². The van der Waals surface area contributed by atoms with Gasteiger partial charge in [0.25, 0.3) is 5.91 Å². The van der Waals surface area contributed by atoms with Gasteiger partial charge in [-0.05, 0) is 24.3 Å². The maximum absolute atomic E-state index is 12.1. The topological polar surface area (TPSA) is 56.8 Å². The number of benzene rings is 2. The second kappa shape index (κ2) is 7.24. The number of rotatable bonds is 5. The van der Waals surface area contributed by atoms with Gasteiger partial charge in [-0.2, -0.15) is 0 Å². The molecule has 0 aliphatic carbocycles. The monoisotopic (exact) mass is 333 g/mol. The molecule has 0 aromatic heterocycles. The summed E-state index contributed by atoms with van der Waals surface area (Å²) in [5, 5.41) is 3.30. The van der Waals surface area contributed by atoms with E-state index in [1.54, 1.807) is 24.3 Å². The van der Waals surface area contributed by atoms with Crippen LogP contribution in [0, 0.1) is 0 Å². The van der Waals surface area contributed by atoms with Crippen LogP contribution < -0.4 is 19.5 Å². The smallest absolute Gasteiger partial charge is 0.264 e. The Labute approximate surface area is 139 Å². The normalized spacial score (nSPS) is 15.8. The van der Waals surface area contributed by atoms with Crippen molar-refractivity contribution in [3.8, 4) is 17.2 Å². The highest BCUT2D eigenvalue weighted by Gasteiger charge is 2.26. The summed E-state index contributed by atoms with van der Waals surface area (Å²) in [7, 11) is 0. The molecule has 3 rings (SSSR count). The number of ether oxygens (including phenoxy) is 3. The average Bonchev–Trinajstić information content (AvgIpc) is 2.59. The van der Waals surface area contributed by atoms with Crippen LogP contribution in [-0.2, 0) is 4.79 Å². The highest BCUT2D eigenvalue weighted by Crippen LogP contribution is 2.30. The molecule has 0 fully saturated rings. The molecule has 0 saturated carbocycles. The van der Waals surface area contributed by atoms with E-state index in [1.807, 2.05) is 24.3 Å². The second-order valence-electron chi connectivity index (χ2n) is 4.93. The maximum atomic E-state index is 12.1. The first kappa shape index (κ1) is 15.5. The van der Waals surface area contributed by atoms with E-state index in [0.29, 0.717) is 35.4 Å². The van der Waals surface area contributed by atoms with Crippen LogP contribution >= 0.6 is 11.6 Å². The number of para-hydroxylation sites is 3. The van der Waals surface area contributed by atoms with E-state index < -0.39 is 6.10 Å². The van der Waals surface area contributed by atoms with Crippen LogP contribution in [0.1, 0.15) is 0 Å². The van der Waals surface area contributed by atoms with Crippen molar-refractivity contribution in [2.45, 2.75) is 6.10 Å². The van der Waals surface area contributed by atoms with Gasteiger partial charge in [-0.15, -0.1) is 0 Å². The highest BCUT2D eigenvalue weighted by atomic mass is 35.5. The molecule has 5 nitrogen and oxygen atoms in total. The molecule has 0 unspecified atom stereocenters. The molecular weight excluding hydrogens is 318 g/mol. The largest absolute Gasteiger partial charge is 0.490 e. The molecular formula is C17H16ClNO4. The maximum Gasteiger partial charge on any atom is 0.264 e. The first-order valence-corrected chi connectivity index (χ1v) is 7.65. The molecule has 23 heavy (non-hydrogen) atoms. The fourth-order valence-electron chi connectivity index (χ4n) is 2.16. The molecule has 2 aromatic carbocycles. The van der Waals surface area contributed by atoms with E-state index in [9.17, 15) is 4.79 Å². The van der Waals surface area contributed by atoms with Gasteiger partial charge in [0, 0.05) is 0 Å². The van der Waals surface area contributed by atoms with Gasteiger partial charge < -0.3 is 19.5 Å². The quantitative estimate of drug-likeness (QED) is 0.855. The minimum atomic E-state index is -0.662. The van der Waals surface area contributed by atoms with Gasteiger partial charge in [0.1, 0.15) is 19.0 Å². The predicted octanol–water partition coefficient (Wildman–Crippen LogP) is 2.68. The summed E-state index contributed by atoms with van der Waals surface area (Å²) in [6.07, 6.45) is -0.662. The van der Waals surface area contributed by atoms with Crippen LogP contribution in [0.4, 0.5) is 0 Å². The fraction of sp³-hybridized carbons (Fsp3) is 0.235. The molecule has 0 radical (unpaired) electrons. The summed E-state index contributed by atoms with van der Waals surface area (Å²) in [5.41, 5.74) is 0. The van der Waals surface area contributed by atoms with Crippen LogP contribution in [0.5, 0.6) is 17.2 Å². The van der Waals surface area contributed by atoms with Crippen LogP contribution in [-0.4, -0.2) is 31.8 Å². The summed E-state index contributed by atoms with van der Waals surface area (Å²) in [6.45, 7) is 0.861. The van der Waals surface area contributed by atoms with Crippen LogP contribution in [0.15, 0.2) is 48.5 Å². The third-order valence-electron chi connectivity index (χ3n) is 3.30. The minimum Gasteiger partial charge on any atom is -0.490 e. The number of hydrogen-bond acceptors (Lipinski definition) is 4. The first-order valence-electron chi connectivity index (χ1n) is 7.27. The molecule has 1 N–H and O–H groups in total. The zero-order valence-electron chi connectivity index (χ0n) is 12.3. The number of nitrogens with one attached hydrogen (secondary N) is 1. The van der Waals surface area contributed by atoms with E-state index in [4.69, 9.17) is 25.8 Å². The van der Waals surface area contributed by atoms with E-state index in [1.165, 1.54) is 0 Å². The van der Waals surface area contributed by atoms with Crippen molar-refractivity contribution in [1.29, 1.82) is 0 Å². The Morgan fingerprint density at radius 1 is 1.17 bits per heavy atom. The number of carbonyl (C=O) groups is 1. The van der Waals surface area contributed by atoms with Gasteiger partial charge in [-0.3, -0.25) is 4.79 Å². The summed E-state index contributed by atoms with van der Waals surface area (Å²) < 4.78 is 16.7. The van der Waals surface area contributed by atoms with Crippen molar-refractivity contribution >= 4 is 17.5 Å². The van der Waals surface area contributed by atoms with Gasteiger partial charge in [-0.1, -0.05) is 35.9 Å². The van der Waals surface area contributed by atoms with Gasteiger partial charge in [0.15, 0.2) is 11.5 Å². The molecule has 1 aliphatic rings. The average molecular weight is 334 g/mol. The molecule has 120 valence electrons. The van der Waals surface area contributed by atoms with Crippen molar-refractivity contribution in [1.82, 2.24) is 5.32 Å². The Hall–Kier alpha value is -2.40. The lowest BCUT2D eigenvalue weighted by molar-refractivity contribution is -0.130. The molecule has 1 amide bonds. The van der Waals surface area contributed by atoms with Gasteiger partial charge in [-0.25, -0.2) is 0 Å². The van der Waals surface area contributed by atoms with Crippen molar-refractivity contribution in [3.05, 3.63) is 53.6 Å². The lowest BCUT2D eigenvalue weighted by atomic mass is 10.2. The van der Waals surface area contributed by atoms with Gasteiger partial charge in [0.2, 0.25) is 6.10 Å². The summed E-state index contributed by atoms with van der Waals surface area (Å²) in [4.78, 5) is 12.1. The molecule has 1 aliphatic heterocycles. The van der Waals surface area contributed by atoms with Crippen molar-refractivity contribution in [2.75, 3.05) is 19.8 Å². The Morgan fingerprint density at radius 2 is 1.91 bits per heavy atom. The molecule has 1 atom stereocenters. The number of fused-ring (bicyclic) bond motifs is 1. The van der Waals surface area contributed by atoms with Gasteiger partial charge in [0.05, 0.1) is 11.6 Å². The molecule has 2 aromatic rings.